The van der Waals surface area contributed by atoms with Gasteiger partial charge in [-0.2, -0.15) is 0 Å². The Morgan fingerprint density at radius 3 is 2.33 bits per heavy atom. The van der Waals surface area contributed by atoms with E-state index in [1.54, 1.807) is 14.1 Å². The Morgan fingerprint density at radius 2 is 1.78 bits per heavy atom. The van der Waals surface area contributed by atoms with Crippen molar-refractivity contribution in [2.24, 2.45) is 29.4 Å². The van der Waals surface area contributed by atoms with Crippen molar-refractivity contribution in [1.82, 2.24) is 4.90 Å². The molecule has 0 radical (unpaired) electrons. The van der Waals surface area contributed by atoms with Crippen molar-refractivity contribution in [2.45, 2.75) is 56.6 Å². The molecule has 0 aliphatic heterocycles. The van der Waals surface area contributed by atoms with Crippen molar-refractivity contribution in [3.8, 4) is 5.75 Å². The molecule has 4 N–H and O–H groups in total. The van der Waals surface area contributed by atoms with Gasteiger partial charge in [0.15, 0.2) is 34.7 Å². The van der Waals surface area contributed by atoms with Gasteiger partial charge in [0.2, 0.25) is 5.91 Å². The fourth-order valence-corrected chi connectivity index (χ4v) is 7.43. The topological polar surface area (TPSA) is 155 Å². The SMILES string of the molecule is CN(C)[C@H]1C(=O)C(C(N)=O)C(=O)[C@]2(O)C(=O)C3C(=O)c4c(O)ccc(CC[Si](C)(C)C)c4C[C@@H]3C[C@H]12. The number of nitrogens with zero attached hydrogens (tertiary/aromatic N) is 1. The van der Waals surface area contributed by atoms with E-state index in [4.69, 9.17) is 5.73 Å². The van der Waals surface area contributed by atoms with Crippen LogP contribution < -0.4 is 5.73 Å². The van der Waals surface area contributed by atoms with Crippen LogP contribution in [0.5, 0.6) is 5.75 Å². The van der Waals surface area contributed by atoms with Crippen LogP contribution in [0.3, 0.4) is 0 Å². The second-order valence-corrected chi connectivity index (χ2v) is 17.6. The minimum absolute atomic E-state index is 0.0625. The number of carbonyl (C=O) groups excluding carboxylic acids is 5. The zero-order valence-corrected chi connectivity index (χ0v) is 22.3. The predicted molar refractivity (Wildman–Crippen MR) is 133 cm³/mol. The molecule has 1 amide bonds. The highest BCUT2D eigenvalue weighted by molar-refractivity contribution is 6.76. The van der Waals surface area contributed by atoms with E-state index in [9.17, 15) is 34.2 Å². The number of likely N-dealkylation sites (N-methyl/N-ethyl adjacent to an activating group) is 1. The zero-order chi connectivity index (χ0) is 26.9. The first-order valence-corrected chi connectivity index (χ1v) is 16.0. The van der Waals surface area contributed by atoms with Gasteiger partial charge in [0, 0.05) is 14.0 Å². The molecule has 0 spiro atoms. The summed E-state index contributed by atoms with van der Waals surface area (Å²) < 4.78 is 0. The number of aromatic hydroxyl groups is 1. The molecule has 1 aromatic carbocycles. The molecule has 2 saturated carbocycles. The van der Waals surface area contributed by atoms with Gasteiger partial charge in [-0.15, -0.1) is 0 Å². The van der Waals surface area contributed by atoms with Crippen LogP contribution in [0.15, 0.2) is 12.1 Å². The highest BCUT2D eigenvalue weighted by atomic mass is 28.3. The van der Waals surface area contributed by atoms with Crippen molar-refractivity contribution in [2.75, 3.05) is 14.1 Å². The summed E-state index contributed by atoms with van der Waals surface area (Å²) in [5, 5.41) is 22.2. The van der Waals surface area contributed by atoms with Crippen molar-refractivity contribution >= 4 is 37.1 Å². The lowest BCUT2D eigenvalue weighted by Gasteiger charge is -2.52. The third-order valence-electron chi connectivity index (χ3n) is 8.19. The fraction of sp³-hybridized carbons (Fsp3) is 0.577. The Balaban J connectivity index is 1.82. The molecule has 3 aliphatic carbocycles. The quantitative estimate of drug-likeness (QED) is 0.384. The number of aryl methyl sites for hydroxylation is 1. The number of Topliss-reactive ketones (excluding diaryl/α,β-unsaturated/α-hetero) is 4. The summed E-state index contributed by atoms with van der Waals surface area (Å²) in [6.07, 6.45) is 1.11. The smallest absolute Gasteiger partial charge is 0.235 e. The Bertz CT molecular complexity index is 1190. The first-order chi connectivity index (χ1) is 16.6. The highest BCUT2D eigenvalue weighted by Gasteiger charge is 2.69. The Labute approximate surface area is 211 Å². The largest absolute Gasteiger partial charge is 0.507 e. The average molecular weight is 515 g/mol. The third-order valence-corrected chi connectivity index (χ3v) is 9.94. The van der Waals surface area contributed by atoms with Crippen LogP contribution in [0, 0.1) is 23.7 Å². The van der Waals surface area contributed by atoms with E-state index in [0.717, 1.165) is 18.0 Å². The molecule has 6 atom stereocenters. The van der Waals surface area contributed by atoms with Crippen LogP contribution in [0.25, 0.3) is 0 Å². The summed E-state index contributed by atoms with van der Waals surface area (Å²) in [6, 6.07) is 3.16. The molecule has 194 valence electrons. The molecule has 0 aromatic heterocycles. The maximum Gasteiger partial charge on any atom is 0.235 e. The molecule has 1 aromatic rings. The van der Waals surface area contributed by atoms with E-state index in [1.165, 1.54) is 11.0 Å². The number of amides is 1. The number of carbonyl (C=O) groups is 5. The minimum atomic E-state index is -2.69. The molecular weight excluding hydrogens is 480 g/mol. The Hall–Kier alpha value is -2.69. The van der Waals surface area contributed by atoms with Gasteiger partial charge in [0.1, 0.15) is 5.75 Å². The number of phenols is 1. The number of hydrogen-bond donors (Lipinski definition) is 3. The summed E-state index contributed by atoms with van der Waals surface area (Å²) in [6.45, 7) is 6.75. The minimum Gasteiger partial charge on any atom is -0.507 e. The Morgan fingerprint density at radius 1 is 1.14 bits per heavy atom. The van der Waals surface area contributed by atoms with Crippen LogP contribution in [-0.2, 0) is 32.0 Å². The predicted octanol–water partition coefficient (Wildman–Crippen LogP) is 0.748. The molecule has 2 unspecified atom stereocenters. The molecule has 0 bridgehead atoms. The number of aliphatic hydroxyl groups is 1. The second kappa shape index (κ2) is 8.71. The molecular formula is C26H34N2O7Si. The van der Waals surface area contributed by atoms with Gasteiger partial charge in [-0.1, -0.05) is 31.8 Å². The van der Waals surface area contributed by atoms with E-state index < -0.39 is 72.4 Å². The van der Waals surface area contributed by atoms with E-state index in [-0.39, 0.29) is 17.7 Å². The number of primary amides is 1. The molecule has 2 fully saturated rings. The van der Waals surface area contributed by atoms with Crippen LogP contribution in [0.2, 0.25) is 25.7 Å². The molecule has 4 rings (SSSR count). The van der Waals surface area contributed by atoms with Gasteiger partial charge < -0.3 is 15.9 Å². The average Bonchev–Trinajstić information content (AvgIpc) is 2.74. The highest BCUT2D eigenvalue weighted by Crippen LogP contribution is 2.51. The molecule has 36 heavy (non-hydrogen) atoms. The maximum absolute atomic E-state index is 13.8. The van der Waals surface area contributed by atoms with Crippen LogP contribution >= 0.6 is 0 Å². The first-order valence-electron chi connectivity index (χ1n) is 12.3. The van der Waals surface area contributed by atoms with E-state index in [1.807, 2.05) is 6.07 Å². The number of benzene rings is 1. The number of hydrogen-bond acceptors (Lipinski definition) is 8. The molecule has 0 saturated heterocycles. The molecule has 9 nitrogen and oxygen atoms in total. The van der Waals surface area contributed by atoms with E-state index >= 15 is 0 Å². The molecule has 0 heterocycles. The van der Waals surface area contributed by atoms with Gasteiger partial charge in [-0.3, -0.25) is 28.9 Å². The van der Waals surface area contributed by atoms with Gasteiger partial charge >= 0.3 is 0 Å². The van der Waals surface area contributed by atoms with Crippen molar-refractivity contribution < 1.29 is 34.2 Å². The maximum atomic E-state index is 13.8. The van der Waals surface area contributed by atoms with Gasteiger partial charge in [0.25, 0.3) is 0 Å². The summed E-state index contributed by atoms with van der Waals surface area (Å²) in [5.41, 5.74) is 4.35. The van der Waals surface area contributed by atoms with Crippen molar-refractivity contribution in [1.29, 1.82) is 0 Å². The molecule has 3 aliphatic rings. The van der Waals surface area contributed by atoms with E-state index in [2.05, 4.69) is 19.6 Å². The molecule has 10 heteroatoms. The number of nitrogens with two attached hydrogens (primary N) is 1. The lowest BCUT2D eigenvalue weighted by Crippen LogP contribution is -2.74. The fourth-order valence-electron chi connectivity index (χ4n) is 6.41. The van der Waals surface area contributed by atoms with E-state index in [0.29, 0.717) is 12.0 Å². The lowest BCUT2D eigenvalue weighted by molar-refractivity contribution is -0.181. The first kappa shape index (κ1) is 26.4. The standard InChI is InChI=1S/C26H34N2O7Si/c1-28(2)20-15-11-13-10-14-12(8-9-36(3,4)5)6-7-16(29)18(14)21(30)17(13)23(32)26(15,35)24(33)19(22(20)31)25(27)34/h6-7,13,15,17,19-20,29,35H,8-11H2,1-5H3,(H2,27,34)/t13-,15-,17?,19?,20-,26-/m1/s1. The van der Waals surface area contributed by atoms with Gasteiger partial charge in [-0.05, 0) is 56.5 Å². The van der Waals surface area contributed by atoms with Crippen molar-refractivity contribution in [3.05, 3.63) is 28.8 Å². The normalized spacial score (nSPS) is 32.2. The second-order valence-electron chi connectivity index (χ2n) is 11.9. The lowest BCUT2D eigenvalue weighted by atomic mass is 9.52. The van der Waals surface area contributed by atoms with Gasteiger partial charge in [-0.25, -0.2) is 0 Å². The van der Waals surface area contributed by atoms with Crippen molar-refractivity contribution in [3.63, 3.8) is 0 Å². The monoisotopic (exact) mass is 514 g/mol. The Kier molecular flexibility index (Phi) is 6.38. The summed E-state index contributed by atoms with van der Waals surface area (Å²) in [7, 11) is 1.74. The number of rotatable bonds is 5. The summed E-state index contributed by atoms with van der Waals surface area (Å²) in [5.74, 6) is -10.1. The van der Waals surface area contributed by atoms with Gasteiger partial charge in [0.05, 0.1) is 17.5 Å². The number of ketones is 4. The van der Waals surface area contributed by atoms with Crippen LogP contribution in [0.1, 0.15) is 27.9 Å². The third kappa shape index (κ3) is 3.86. The zero-order valence-electron chi connectivity index (χ0n) is 21.3. The number of phenolic OH excluding ortho intramolecular Hbond substituents is 1. The summed E-state index contributed by atoms with van der Waals surface area (Å²) >= 11 is 0. The number of fused-ring (bicyclic) bond motifs is 3. The van der Waals surface area contributed by atoms with Crippen LogP contribution in [-0.4, -0.2) is 78.0 Å². The van der Waals surface area contributed by atoms with Crippen LogP contribution in [0.4, 0.5) is 0 Å². The summed E-state index contributed by atoms with van der Waals surface area (Å²) in [4.78, 5) is 67.4.